The quantitative estimate of drug-likeness (QED) is 0.223. The number of amides is 2. The van der Waals surface area contributed by atoms with E-state index < -0.39 is 0 Å². The summed E-state index contributed by atoms with van der Waals surface area (Å²) < 4.78 is 10.5. The SMILES string of the molecule is COc1ccc([C@H]2[C@@H]3CCc4ccc(C)cc4C3=NN2C(C)=O)cc1.COc1ccc([C@H]2[C@H]3CCc4ccc(C)cc4C3=NN2C(C)=O)cc1. The van der Waals surface area contributed by atoms with Crippen LogP contribution < -0.4 is 9.47 Å². The van der Waals surface area contributed by atoms with Crippen molar-refractivity contribution in [2.45, 2.75) is 65.5 Å². The van der Waals surface area contributed by atoms with Gasteiger partial charge in [-0.3, -0.25) is 9.59 Å². The van der Waals surface area contributed by atoms with E-state index in [1.807, 2.05) is 48.5 Å². The van der Waals surface area contributed by atoms with Gasteiger partial charge in [-0.05, 0) is 98.2 Å². The van der Waals surface area contributed by atoms with E-state index >= 15 is 0 Å². The number of rotatable bonds is 4. The highest BCUT2D eigenvalue weighted by Gasteiger charge is 2.44. The van der Waals surface area contributed by atoms with E-state index in [0.29, 0.717) is 0 Å². The Morgan fingerprint density at radius 1 is 0.600 bits per heavy atom. The number of nitrogens with zero attached hydrogens (tertiary/aromatic N) is 4. The molecule has 4 aromatic rings. The lowest BCUT2D eigenvalue weighted by atomic mass is 9.77. The summed E-state index contributed by atoms with van der Waals surface area (Å²) in [4.78, 5) is 24.5. The molecular weight excluding hydrogens is 624 g/mol. The van der Waals surface area contributed by atoms with Crippen LogP contribution in [0.4, 0.5) is 0 Å². The Morgan fingerprint density at radius 3 is 1.32 bits per heavy atom. The van der Waals surface area contributed by atoms with Crippen LogP contribution >= 0.6 is 0 Å². The lowest BCUT2D eigenvalue weighted by molar-refractivity contribution is -0.132. The highest BCUT2D eigenvalue weighted by molar-refractivity contribution is 6.07. The predicted octanol–water partition coefficient (Wildman–Crippen LogP) is 7.75. The van der Waals surface area contributed by atoms with Gasteiger partial charge >= 0.3 is 0 Å². The average Bonchev–Trinajstić information content (AvgIpc) is 3.72. The standard InChI is InChI=1S/2C21H22N2O2/c2*1-13-4-5-15-8-11-18-20(19(15)12-13)22-23(14(2)24)21(18)16-6-9-17(25-3)10-7-16/h2*4-7,9-10,12,18,21H,8,11H2,1-3H3/t18-,21+;18-,21-/m10/s1. The van der Waals surface area contributed by atoms with Gasteiger partial charge in [0.15, 0.2) is 0 Å². The van der Waals surface area contributed by atoms with Crippen LogP contribution in [0.1, 0.15) is 83.3 Å². The molecular formula is C42H44N4O4. The third kappa shape index (κ3) is 6.08. The van der Waals surface area contributed by atoms with Crippen LogP contribution in [0.3, 0.4) is 0 Å². The van der Waals surface area contributed by atoms with Crippen molar-refractivity contribution in [1.82, 2.24) is 10.0 Å². The minimum absolute atomic E-state index is 0.0167. The molecule has 8 nitrogen and oxygen atoms in total. The Labute approximate surface area is 294 Å². The number of ether oxygens (including phenoxy) is 2. The number of hydrogen-bond donors (Lipinski definition) is 0. The van der Waals surface area contributed by atoms with Gasteiger partial charge in [0.25, 0.3) is 0 Å². The maximum atomic E-state index is 12.3. The number of benzene rings is 4. The Balaban J connectivity index is 0.000000157. The molecule has 4 aromatic carbocycles. The van der Waals surface area contributed by atoms with Crippen LogP contribution in [0.5, 0.6) is 11.5 Å². The van der Waals surface area contributed by atoms with Crippen molar-refractivity contribution in [1.29, 1.82) is 0 Å². The lowest BCUT2D eigenvalue weighted by Crippen LogP contribution is -2.31. The number of hydrogen-bond acceptors (Lipinski definition) is 6. The molecule has 0 N–H and O–H groups in total. The molecule has 50 heavy (non-hydrogen) atoms. The van der Waals surface area contributed by atoms with Crippen molar-refractivity contribution >= 4 is 23.2 Å². The molecule has 8 heteroatoms. The zero-order valence-corrected chi connectivity index (χ0v) is 29.6. The van der Waals surface area contributed by atoms with Crippen molar-refractivity contribution in [2.75, 3.05) is 14.2 Å². The summed E-state index contributed by atoms with van der Waals surface area (Å²) in [6.07, 6.45) is 4.07. The molecule has 4 atom stereocenters. The molecule has 8 rings (SSSR count). The molecule has 0 fully saturated rings. The second-order valence-electron chi connectivity index (χ2n) is 13.7. The summed E-state index contributed by atoms with van der Waals surface area (Å²) in [7, 11) is 3.32. The van der Waals surface area contributed by atoms with Crippen LogP contribution in [0.15, 0.2) is 95.1 Å². The maximum Gasteiger partial charge on any atom is 0.240 e. The number of hydrazone groups is 2. The fraction of sp³-hybridized carbons (Fsp3) is 0.333. The predicted molar refractivity (Wildman–Crippen MR) is 196 cm³/mol. The smallest absolute Gasteiger partial charge is 0.240 e. The van der Waals surface area contributed by atoms with Gasteiger partial charge in [-0.2, -0.15) is 10.2 Å². The van der Waals surface area contributed by atoms with Gasteiger partial charge in [0, 0.05) is 36.8 Å². The zero-order valence-electron chi connectivity index (χ0n) is 29.6. The number of fused-ring (bicyclic) bond motifs is 6. The highest BCUT2D eigenvalue weighted by atomic mass is 16.5. The van der Waals surface area contributed by atoms with Gasteiger partial charge in [-0.25, -0.2) is 10.0 Å². The van der Waals surface area contributed by atoms with E-state index in [2.05, 4.69) is 50.2 Å². The molecule has 256 valence electrons. The van der Waals surface area contributed by atoms with Crippen LogP contribution in [0.2, 0.25) is 0 Å². The number of carbonyl (C=O) groups is 2. The third-order valence-corrected chi connectivity index (χ3v) is 10.5. The zero-order chi connectivity index (χ0) is 35.1. The van der Waals surface area contributed by atoms with Crippen molar-refractivity contribution in [3.05, 3.63) is 129 Å². The fourth-order valence-corrected chi connectivity index (χ4v) is 8.04. The van der Waals surface area contributed by atoms with Crippen molar-refractivity contribution < 1.29 is 19.1 Å². The summed E-state index contributed by atoms with van der Waals surface area (Å²) in [5.41, 5.74) is 11.9. The van der Waals surface area contributed by atoms with Crippen molar-refractivity contribution in [3.63, 3.8) is 0 Å². The minimum atomic E-state index is -0.0351. The lowest BCUT2D eigenvalue weighted by Gasteiger charge is -2.29. The average molecular weight is 669 g/mol. The summed E-state index contributed by atoms with van der Waals surface area (Å²) >= 11 is 0. The number of carbonyl (C=O) groups excluding carboxylic acids is 2. The Bertz CT molecular complexity index is 1850. The molecule has 0 saturated carbocycles. The van der Waals surface area contributed by atoms with Crippen LogP contribution in [-0.2, 0) is 22.4 Å². The summed E-state index contributed by atoms with van der Waals surface area (Å²) in [6.45, 7) is 7.39. The van der Waals surface area contributed by atoms with Gasteiger partial charge in [0.05, 0.1) is 37.7 Å². The molecule has 4 aliphatic rings. The second-order valence-corrected chi connectivity index (χ2v) is 13.7. The molecule has 0 unspecified atom stereocenters. The Morgan fingerprint density at radius 2 is 0.980 bits per heavy atom. The number of aryl methyl sites for hydroxylation is 4. The maximum absolute atomic E-state index is 12.3. The van der Waals surface area contributed by atoms with Gasteiger partial charge in [0.1, 0.15) is 11.5 Å². The van der Waals surface area contributed by atoms with E-state index in [0.717, 1.165) is 59.7 Å². The van der Waals surface area contributed by atoms with E-state index in [4.69, 9.17) is 19.7 Å². The summed E-state index contributed by atoms with van der Waals surface area (Å²) in [6, 6.07) is 29.0. The van der Waals surface area contributed by atoms with E-state index in [1.165, 1.54) is 33.4 Å². The summed E-state index contributed by atoms with van der Waals surface area (Å²) in [5, 5.41) is 12.9. The van der Waals surface area contributed by atoms with Gasteiger partial charge in [-0.1, -0.05) is 59.7 Å². The molecule has 0 aromatic heterocycles. The van der Waals surface area contributed by atoms with Crippen LogP contribution in [-0.4, -0.2) is 47.5 Å². The van der Waals surface area contributed by atoms with E-state index in [1.54, 1.807) is 38.1 Å². The fourth-order valence-electron chi connectivity index (χ4n) is 8.04. The topological polar surface area (TPSA) is 83.8 Å². The molecule has 0 bridgehead atoms. The third-order valence-electron chi connectivity index (χ3n) is 10.5. The molecule has 0 saturated heterocycles. The number of methoxy groups -OCH3 is 2. The molecule has 0 radical (unpaired) electrons. The first-order valence-corrected chi connectivity index (χ1v) is 17.4. The molecule has 2 aliphatic carbocycles. The monoisotopic (exact) mass is 668 g/mol. The van der Waals surface area contributed by atoms with Gasteiger partial charge in [0.2, 0.25) is 11.8 Å². The summed E-state index contributed by atoms with van der Waals surface area (Å²) in [5.74, 6) is 2.09. The highest BCUT2D eigenvalue weighted by Crippen LogP contribution is 2.45. The molecule has 2 amide bonds. The minimum Gasteiger partial charge on any atom is -0.497 e. The molecule has 2 aliphatic heterocycles. The largest absolute Gasteiger partial charge is 0.497 e. The van der Waals surface area contributed by atoms with E-state index in [-0.39, 0.29) is 35.7 Å². The first-order chi connectivity index (χ1) is 24.2. The first kappa shape index (κ1) is 33.3. The normalized spacial score (nSPS) is 21.4. The molecule has 0 spiro atoms. The first-order valence-electron chi connectivity index (χ1n) is 17.4. The van der Waals surface area contributed by atoms with Crippen molar-refractivity contribution in [2.24, 2.45) is 22.0 Å². The Kier molecular flexibility index (Phi) is 9.03. The van der Waals surface area contributed by atoms with E-state index in [9.17, 15) is 9.59 Å². The van der Waals surface area contributed by atoms with Crippen LogP contribution in [0.25, 0.3) is 0 Å². The second kappa shape index (κ2) is 13.6. The van der Waals surface area contributed by atoms with Gasteiger partial charge < -0.3 is 9.47 Å². The molecule has 2 heterocycles. The Hall–Kier alpha value is -5.24. The van der Waals surface area contributed by atoms with Crippen molar-refractivity contribution in [3.8, 4) is 11.5 Å². The van der Waals surface area contributed by atoms with Crippen LogP contribution in [0, 0.1) is 25.7 Å². The van der Waals surface area contributed by atoms with Gasteiger partial charge in [-0.15, -0.1) is 0 Å².